The van der Waals surface area contributed by atoms with E-state index in [-0.39, 0.29) is 12.1 Å². The topological polar surface area (TPSA) is 12.0 Å². The van der Waals surface area contributed by atoms with Crippen molar-refractivity contribution >= 4 is 0 Å². The summed E-state index contributed by atoms with van der Waals surface area (Å²) in [7, 11) is 0. The lowest BCUT2D eigenvalue weighted by molar-refractivity contribution is -0.146. The molecule has 0 fully saturated rings. The van der Waals surface area contributed by atoms with Gasteiger partial charge in [0.05, 0.1) is 12.0 Å². The fourth-order valence-electron chi connectivity index (χ4n) is 1.83. The van der Waals surface area contributed by atoms with E-state index in [0.717, 1.165) is 18.2 Å². The third-order valence-electron chi connectivity index (χ3n) is 2.53. The summed E-state index contributed by atoms with van der Waals surface area (Å²) in [6.07, 6.45) is -10.5. The van der Waals surface area contributed by atoms with Gasteiger partial charge in [-0.15, -0.1) is 0 Å². The standard InChI is InChI=1S/C12H13F6N/c1-2-19-10(7-11(13,14)15)8-5-3-4-6-9(8)12(16,17)18/h3-6,10,19H,2,7H2,1H3. The third-order valence-corrected chi connectivity index (χ3v) is 2.53. The molecule has 0 bridgehead atoms. The zero-order valence-corrected chi connectivity index (χ0v) is 10.1. The Morgan fingerprint density at radius 2 is 1.63 bits per heavy atom. The maximum atomic E-state index is 12.8. The molecule has 1 atom stereocenters. The van der Waals surface area contributed by atoms with Gasteiger partial charge in [-0.25, -0.2) is 0 Å². The van der Waals surface area contributed by atoms with Crippen molar-refractivity contribution in [3.63, 3.8) is 0 Å². The lowest BCUT2D eigenvalue weighted by Gasteiger charge is -2.23. The largest absolute Gasteiger partial charge is 0.416 e. The summed E-state index contributed by atoms with van der Waals surface area (Å²) in [5.41, 5.74) is -1.42. The molecule has 0 aliphatic heterocycles. The van der Waals surface area contributed by atoms with E-state index in [9.17, 15) is 26.3 Å². The summed E-state index contributed by atoms with van der Waals surface area (Å²) in [5.74, 6) is 0. The van der Waals surface area contributed by atoms with E-state index in [4.69, 9.17) is 0 Å². The Kier molecular flexibility index (Phi) is 4.84. The molecule has 0 heterocycles. The first-order chi connectivity index (χ1) is 8.65. The van der Waals surface area contributed by atoms with Crippen molar-refractivity contribution in [3.05, 3.63) is 35.4 Å². The maximum Gasteiger partial charge on any atom is 0.416 e. The van der Waals surface area contributed by atoms with Crippen molar-refractivity contribution in [3.8, 4) is 0 Å². The predicted molar refractivity (Wildman–Crippen MR) is 58.5 cm³/mol. The molecule has 1 rings (SSSR count). The number of alkyl halides is 6. The molecule has 0 amide bonds. The Labute approximate surface area is 106 Å². The van der Waals surface area contributed by atoms with Gasteiger partial charge in [0.1, 0.15) is 0 Å². The number of halogens is 6. The molecule has 1 N–H and O–H groups in total. The quantitative estimate of drug-likeness (QED) is 0.813. The highest BCUT2D eigenvalue weighted by Gasteiger charge is 2.38. The van der Waals surface area contributed by atoms with Gasteiger partial charge >= 0.3 is 12.4 Å². The molecule has 19 heavy (non-hydrogen) atoms. The summed E-state index contributed by atoms with van der Waals surface area (Å²) in [6.45, 7) is 1.69. The van der Waals surface area contributed by atoms with Gasteiger partial charge in [0.25, 0.3) is 0 Å². The zero-order valence-electron chi connectivity index (χ0n) is 10.1. The van der Waals surface area contributed by atoms with Gasteiger partial charge in [-0.3, -0.25) is 0 Å². The molecule has 1 aromatic carbocycles. The van der Waals surface area contributed by atoms with Gasteiger partial charge in [-0.2, -0.15) is 26.3 Å². The minimum atomic E-state index is -4.67. The second kappa shape index (κ2) is 5.81. The summed E-state index contributed by atoms with van der Waals surface area (Å²) in [4.78, 5) is 0. The minimum absolute atomic E-state index is 0.146. The van der Waals surface area contributed by atoms with Crippen LogP contribution in [-0.4, -0.2) is 12.7 Å². The van der Waals surface area contributed by atoms with E-state index in [1.54, 1.807) is 6.92 Å². The molecule has 0 saturated heterocycles. The van der Waals surface area contributed by atoms with E-state index >= 15 is 0 Å². The van der Waals surface area contributed by atoms with Crippen LogP contribution in [0.2, 0.25) is 0 Å². The molecule has 0 spiro atoms. The summed E-state index contributed by atoms with van der Waals surface area (Å²) >= 11 is 0. The monoisotopic (exact) mass is 285 g/mol. The molecule has 0 aromatic heterocycles. The number of benzene rings is 1. The summed E-state index contributed by atoms with van der Waals surface area (Å²) < 4.78 is 75.6. The van der Waals surface area contributed by atoms with E-state index in [0.29, 0.717) is 0 Å². The van der Waals surface area contributed by atoms with Gasteiger partial charge in [-0.05, 0) is 18.2 Å². The maximum absolute atomic E-state index is 12.8. The smallest absolute Gasteiger partial charge is 0.310 e. The van der Waals surface area contributed by atoms with Gasteiger partial charge in [-0.1, -0.05) is 25.1 Å². The molecular formula is C12H13F6N. The van der Waals surface area contributed by atoms with Crippen LogP contribution in [0.4, 0.5) is 26.3 Å². The molecule has 7 heteroatoms. The van der Waals surface area contributed by atoms with Crippen molar-refractivity contribution in [2.75, 3.05) is 6.54 Å². The van der Waals surface area contributed by atoms with E-state index in [2.05, 4.69) is 5.32 Å². The minimum Gasteiger partial charge on any atom is -0.310 e. The fourth-order valence-corrected chi connectivity index (χ4v) is 1.83. The summed E-state index contributed by atoms with van der Waals surface area (Å²) in [6, 6.07) is 2.91. The van der Waals surface area contributed by atoms with Crippen LogP contribution in [0.5, 0.6) is 0 Å². The van der Waals surface area contributed by atoms with Crippen molar-refractivity contribution in [2.45, 2.75) is 31.7 Å². The zero-order chi connectivity index (χ0) is 14.7. The molecule has 0 aliphatic carbocycles. The highest BCUT2D eigenvalue weighted by molar-refractivity contribution is 5.32. The first kappa shape index (κ1) is 15.8. The third kappa shape index (κ3) is 4.74. The SMILES string of the molecule is CCNC(CC(F)(F)F)c1ccccc1C(F)(F)F. The molecule has 1 unspecified atom stereocenters. The molecule has 0 radical (unpaired) electrons. The first-order valence-corrected chi connectivity index (χ1v) is 5.61. The Balaban J connectivity index is 3.16. The van der Waals surface area contributed by atoms with Crippen molar-refractivity contribution in [1.82, 2.24) is 5.32 Å². The van der Waals surface area contributed by atoms with Crippen LogP contribution in [0.25, 0.3) is 0 Å². The Morgan fingerprint density at radius 3 is 2.11 bits per heavy atom. The van der Waals surface area contributed by atoms with E-state index in [1.165, 1.54) is 6.07 Å². The van der Waals surface area contributed by atoms with E-state index < -0.39 is 30.4 Å². The predicted octanol–water partition coefficient (Wildman–Crippen LogP) is 4.31. The Bertz CT molecular complexity index is 409. The van der Waals surface area contributed by atoms with Crippen LogP contribution in [-0.2, 0) is 6.18 Å². The van der Waals surface area contributed by atoms with Crippen molar-refractivity contribution in [1.29, 1.82) is 0 Å². The molecular weight excluding hydrogens is 272 g/mol. The number of hydrogen-bond donors (Lipinski definition) is 1. The van der Waals surface area contributed by atoms with Gasteiger partial charge in [0, 0.05) is 6.04 Å². The van der Waals surface area contributed by atoms with Crippen LogP contribution < -0.4 is 5.32 Å². The molecule has 0 aliphatic rings. The highest BCUT2D eigenvalue weighted by Crippen LogP contribution is 2.37. The van der Waals surface area contributed by atoms with Crippen molar-refractivity contribution in [2.24, 2.45) is 0 Å². The first-order valence-electron chi connectivity index (χ1n) is 5.61. The van der Waals surface area contributed by atoms with Gasteiger partial charge in [0.2, 0.25) is 0 Å². The van der Waals surface area contributed by atoms with E-state index in [1.807, 2.05) is 0 Å². The van der Waals surface area contributed by atoms with Gasteiger partial charge in [0.15, 0.2) is 0 Å². The van der Waals surface area contributed by atoms with Crippen LogP contribution in [0, 0.1) is 0 Å². The summed E-state index contributed by atoms with van der Waals surface area (Å²) in [5, 5.41) is 2.45. The van der Waals surface area contributed by atoms with Gasteiger partial charge < -0.3 is 5.32 Å². The Hall–Kier alpha value is -1.24. The number of nitrogens with one attached hydrogen (secondary N) is 1. The highest BCUT2D eigenvalue weighted by atomic mass is 19.4. The van der Waals surface area contributed by atoms with Crippen molar-refractivity contribution < 1.29 is 26.3 Å². The molecule has 0 saturated carbocycles. The normalized spacial score (nSPS) is 14.5. The average Bonchev–Trinajstić information content (AvgIpc) is 2.25. The molecule has 1 aromatic rings. The lowest BCUT2D eigenvalue weighted by atomic mass is 9.97. The molecule has 108 valence electrons. The van der Waals surface area contributed by atoms with Crippen LogP contribution in [0.15, 0.2) is 24.3 Å². The number of rotatable bonds is 4. The fraction of sp³-hybridized carbons (Fsp3) is 0.500. The second-order valence-corrected chi connectivity index (χ2v) is 4.01. The number of hydrogen-bond acceptors (Lipinski definition) is 1. The van der Waals surface area contributed by atoms with Crippen LogP contribution in [0.3, 0.4) is 0 Å². The second-order valence-electron chi connectivity index (χ2n) is 4.01. The van der Waals surface area contributed by atoms with Crippen LogP contribution in [0.1, 0.15) is 30.5 Å². The molecule has 1 nitrogen and oxygen atoms in total. The average molecular weight is 285 g/mol. The Morgan fingerprint density at radius 1 is 1.05 bits per heavy atom. The van der Waals surface area contributed by atoms with Crippen LogP contribution >= 0.6 is 0 Å². The lowest BCUT2D eigenvalue weighted by Crippen LogP contribution is -2.28.